The summed E-state index contributed by atoms with van der Waals surface area (Å²) in [5.74, 6) is 2.84. The largest absolute Gasteiger partial charge is 0.474 e. The van der Waals surface area contributed by atoms with Crippen LogP contribution in [-0.2, 0) is 18.1 Å². The van der Waals surface area contributed by atoms with E-state index in [1.807, 2.05) is 13.8 Å². The van der Waals surface area contributed by atoms with E-state index in [4.69, 9.17) is 13.6 Å². The maximum Gasteiger partial charge on any atom is 0.474 e. The van der Waals surface area contributed by atoms with Crippen molar-refractivity contribution in [2.45, 2.75) is 133 Å². The summed E-state index contributed by atoms with van der Waals surface area (Å²) in [5.41, 5.74) is 3.41. The SMILES string of the molecule is CCOP(=O)(OCC)OC[C@]12CCC(C)(C)C[C@H]1C1=CCC3[C@@]4(C)CC[C@H](C)C(C)(C)C4CC[C@@]3(C)[C@@]1(C)CC2. The zero-order chi connectivity index (χ0) is 29.4. The number of phosphoric acid groups is 1. The lowest BCUT2D eigenvalue weighted by molar-refractivity contribution is -0.192. The normalized spacial score (nSPS) is 45.9. The molecule has 5 aliphatic carbocycles. The van der Waals surface area contributed by atoms with Gasteiger partial charge in [-0.1, -0.05) is 67.0 Å². The summed E-state index contributed by atoms with van der Waals surface area (Å²) in [6, 6.07) is 0. The first-order chi connectivity index (χ1) is 18.5. The minimum absolute atomic E-state index is 0.0112. The molecule has 40 heavy (non-hydrogen) atoms. The molecule has 0 heterocycles. The minimum Gasteiger partial charge on any atom is -0.287 e. The molecule has 0 aliphatic heterocycles. The third-order valence-electron chi connectivity index (χ3n) is 14.4. The first kappa shape index (κ1) is 31.3. The second kappa shape index (κ2) is 10.2. The minimum atomic E-state index is -3.54. The van der Waals surface area contributed by atoms with Crippen LogP contribution in [0, 0.1) is 56.2 Å². The molecule has 0 aromatic rings. The maximum absolute atomic E-state index is 13.4. The Kier molecular flexibility index (Phi) is 7.98. The van der Waals surface area contributed by atoms with Gasteiger partial charge >= 0.3 is 7.82 Å². The van der Waals surface area contributed by atoms with E-state index in [2.05, 4.69) is 61.5 Å². The number of phosphoric ester groups is 1. The van der Waals surface area contributed by atoms with Crippen molar-refractivity contribution in [1.82, 2.24) is 0 Å². The van der Waals surface area contributed by atoms with Crippen LogP contribution in [0.25, 0.3) is 0 Å². The van der Waals surface area contributed by atoms with Crippen molar-refractivity contribution in [2.24, 2.45) is 56.2 Å². The molecule has 5 rings (SSSR count). The average molecular weight is 577 g/mol. The molecule has 4 fully saturated rings. The summed E-state index contributed by atoms with van der Waals surface area (Å²) >= 11 is 0. The van der Waals surface area contributed by atoms with Gasteiger partial charge in [0.25, 0.3) is 0 Å². The molecule has 4 nitrogen and oxygen atoms in total. The summed E-state index contributed by atoms with van der Waals surface area (Å²) in [4.78, 5) is 0. The second-order valence-electron chi connectivity index (χ2n) is 16.9. The molecule has 0 N–H and O–H groups in total. The highest BCUT2D eigenvalue weighted by atomic mass is 31.2. The Balaban J connectivity index is 1.51. The average Bonchev–Trinajstić information content (AvgIpc) is 2.86. The van der Waals surface area contributed by atoms with Gasteiger partial charge in [0, 0.05) is 5.41 Å². The van der Waals surface area contributed by atoms with Gasteiger partial charge in [-0.3, -0.25) is 13.6 Å². The van der Waals surface area contributed by atoms with E-state index in [1.165, 1.54) is 51.4 Å². The van der Waals surface area contributed by atoms with Crippen LogP contribution in [0.4, 0.5) is 0 Å². The summed E-state index contributed by atoms with van der Waals surface area (Å²) in [6.45, 7) is 25.5. The van der Waals surface area contributed by atoms with Crippen LogP contribution in [0.5, 0.6) is 0 Å². The number of fused-ring (bicyclic) bond motifs is 7. The fourth-order valence-electron chi connectivity index (χ4n) is 11.4. The van der Waals surface area contributed by atoms with E-state index < -0.39 is 7.82 Å². The fourth-order valence-corrected chi connectivity index (χ4v) is 12.7. The topological polar surface area (TPSA) is 44.8 Å². The Morgan fingerprint density at radius 2 is 1.48 bits per heavy atom. The monoisotopic (exact) mass is 576 g/mol. The lowest BCUT2D eigenvalue weighted by Gasteiger charge is -2.71. The summed E-state index contributed by atoms with van der Waals surface area (Å²) < 4.78 is 30.8. The van der Waals surface area contributed by atoms with Gasteiger partial charge < -0.3 is 0 Å². The van der Waals surface area contributed by atoms with Crippen LogP contribution < -0.4 is 0 Å². The Labute approximate surface area is 246 Å². The third kappa shape index (κ3) is 4.59. The molecule has 0 amide bonds. The van der Waals surface area contributed by atoms with Crippen molar-refractivity contribution in [3.63, 3.8) is 0 Å². The highest BCUT2D eigenvalue weighted by Gasteiger charge is 2.68. The van der Waals surface area contributed by atoms with Crippen LogP contribution in [0.3, 0.4) is 0 Å². The Morgan fingerprint density at radius 1 is 0.825 bits per heavy atom. The summed E-state index contributed by atoms with van der Waals surface area (Å²) in [6.07, 6.45) is 15.3. The van der Waals surface area contributed by atoms with Crippen molar-refractivity contribution in [3.05, 3.63) is 11.6 Å². The van der Waals surface area contributed by atoms with E-state index in [9.17, 15) is 4.57 Å². The van der Waals surface area contributed by atoms with Gasteiger partial charge in [0.1, 0.15) is 0 Å². The zero-order valence-corrected chi connectivity index (χ0v) is 28.6. The maximum atomic E-state index is 13.4. The van der Waals surface area contributed by atoms with Crippen LogP contribution >= 0.6 is 7.82 Å². The lowest BCUT2D eigenvalue weighted by Crippen LogP contribution is -2.64. The molecule has 0 spiro atoms. The molecule has 0 radical (unpaired) electrons. The van der Waals surface area contributed by atoms with Gasteiger partial charge in [-0.15, -0.1) is 0 Å². The lowest BCUT2D eigenvalue weighted by atomic mass is 9.33. The molecule has 230 valence electrons. The van der Waals surface area contributed by atoms with E-state index in [-0.39, 0.29) is 10.8 Å². The van der Waals surface area contributed by atoms with Gasteiger partial charge in [0.05, 0.1) is 19.8 Å². The molecule has 8 atom stereocenters. The molecular formula is C35H61O4P. The second-order valence-corrected chi connectivity index (χ2v) is 18.6. The van der Waals surface area contributed by atoms with Gasteiger partial charge in [0.2, 0.25) is 0 Å². The highest BCUT2D eigenvalue weighted by molar-refractivity contribution is 7.48. The number of hydrogen-bond acceptors (Lipinski definition) is 4. The van der Waals surface area contributed by atoms with E-state index in [1.54, 1.807) is 5.57 Å². The zero-order valence-electron chi connectivity index (χ0n) is 27.7. The van der Waals surface area contributed by atoms with Gasteiger partial charge in [-0.05, 0) is 129 Å². The van der Waals surface area contributed by atoms with Gasteiger partial charge in [-0.25, -0.2) is 4.57 Å². The molecular weight excluding hydrogens is 515 g/mol. The van der Waals surface area contributed by atoms with Crippen LogP contribution in [0.2, 0.25) is 0 Å². The van der Waals surface area contributed by atoms with E-state index in [0.717, 1.165) is 30.6 Å². The van der Waals surface area contributed by atoms with Crippen LogP contribution in [0.15, 0.2) is 11.6 Å². The summed E-state index contributed by atoms with van der Waals surface area (Å²) in [7, 11) is -3.54. The predicted molar refractivity (Wildman–Crippen MR) is 165 cm³/mol. The van der Waals surface area contributed by atoms with Crippen molar-refractivity contribution in [2.75, 3.05) is 19.8 Å². The van der Waals surface area contributed by atoms with E-state index >= 15 is 0 Å². The smallest absolute Gasteiger partial charge is 0.287 e. The standard InChI is InChI=1S/C35H61O4P/c1-11-37-40(36,38-12-2)39-24-35-21-19-30(4,5)23-27(35)26-13-14-29-32(8)17-15-25(3)31(6,7)28(32)16-18-34(29,10)33(26,9)20-22-35/h13,25,27-29H,11-12,14-24H2,1-10H3/t25-,27-,28?,29?,32-,33-,34+,35+/m0/s1. The Morgan fingerprint density at radius 3 is 2.12 bits per heavy atom. The number of allylic oxidation sites excluding steroid dienone is 2. The van der Waals surface area contributed by atoms with Crippen LogP contribution in [0.1, 0.15) is 133 Å². The quantitative estimate of drug-likeness (QED) is 0.223. The van der Waals surface area contributed by atoms with Crippen molar-refractivity contribution >= 4 is 7.82 Å². The van der Waals surface area contributed by atoms with Crippen molar-refractivity contribution in [1.29, 1.82) is 0 Å². The van der Waals surface area contributed by atoms with Gasteiger partial charge in [-0.2, -0.15) is 0 Å². The molecule has 0 saturated heterocycles. The van der Waals surface area contributed by atoms with E-state index in [0.29, 0.717) is 47.4 Å². The van der Waals surface area contributed by atoms with Crippen molar-refractivity contribution < 1.29 is 18.1 Å². The number of rotatable bonds is 7. The number of hydrogen-bond donors (Lipinski definition) is 0. The highest BCUT2D eigenvalue weighted by Crippen LogP contribution is 2.76. The van der Waals surface area contributed by atoms with Gasteiger partial charge in [0.15, 0.2) is 0 Å². The molecule has 2 unspecified atom stereocenters. The Bertz CT molecular complexity index is 1040. The third-order valence-corrected chi connectivity index (χ3v) is 16.0. The van der Waals surface area contributed by atoms with Crippen molar-refractivity contribution in [3.8, 4) is 0 Å². The molecule has 5 aliphatic rings. The fraction of sp³-hybridized carbons (Fsp3) is 0.943. The molecule has 5 heteroatoms. The molecule has 0 bridgehead atoms. The first-order valence-electron chi connectivity index (χ1n) is 16.8. The van der Waals surface area contributed by atoms with Crippen LogP contribution in [-0.4, -0.2) is 19.8 Å². The Hall–Kier alpha value is -0.150. The summed E-state index contributed by atoms with van der Waals surface area (Å²) in [5, 5.41) is 0. The first-order valence-corrected chi connectivity index (χ1v) is 18.2. The predicted octanol–water partition coefficient (Wildman–Crippen LogP) is 10.6. The molecule has 4 saturated carbocycles. The molecule has 0 aromatic heterocycles. The molecule has 0 aromatic carbocycles.